The minimum absolute atomic E-state index is 0.0179. The fourth-order valence-corrected chi connectivity index (χ4v) is 2.45. The highest BCUT2D eigenvalue weighted by molar-refractivity contribution is 5.92. The molecule has 0 heterocycles. The molecule has 0 aliphatic carbocycles. The number of rotatable bonds is 9. The Balaban J connectivity index is 1.37. The molecule has 7 heteroatoms. The molecule has 0 spiro atoms. The molecule has 0 fully saturated rings. The predicted molar refractivity (Wildman–Crippen MR) is 109 cm³/mol. The number of amides is 1. The van der Waals surface area contributed by atoms with Gasteiger partial charge in [-0.05, 0) is 42.0 Å². The molecule has 0 atom stereocenters. The summed E-state index contributed by atoms with van der Waals surface area (Å²) in [5, 5.41) is 2.32. The lowest BCUT2D eigenvalue weighted by Gasteiger charge is -2.09. The van der Waals surface area contributed by atoms with Crippen LogP contribution in [0.4, 0.5) is 10.1 Å². The Kier molecular flexibility index (Phi) is 7.38. The van der Waals surface area contributed by atoms with Gasteiger partial charge in [-0.1, -0.05) is 42.5 Å². The highest BCUT2D eigenvalue weighted by Gasteiger charge is 2.10. The Bertz CT molecular complexity index is 976. The molecular formula is C23H20FNO5. The molecule has 0 aliphatic rings. The first-order valence-electron chi connectivity index (χ1n) is 9.20. The van der Waals surface area contributed by atoms with E-state index in [0.717, 1.165) is 5.56 Å². The van der Waals surface area contributed by atoms with Crippen molar-refractivity contribution in [1.82, 2.24) is 0 Å². The lowest BCUT2D eigenvalue weighted by Crippen LogP contribution is -2.24. The maximum atomic E-state index is 13.5. The number of anilines is 1. The van der Waals surface area contributed by atoms with Crippen LogP contribution >= 0.6 is 0 Å². The Morgan fingerprint density at radius 2 is 1.40 bits per heavy atom. The molecule has 1 amide bonds. The maximum absolute atomic E-state index is 13.5. The van der Waals surface area contributed by atoms with Gasteiger partial charge in [0, 0.05) is 0 Å². The normalized spacial score (nSPS) is 10.2. The Morgan fingerprint density at radius 3 is 2.10 bits per heavy atom. The minimum atomic E-state index is -0.719. The largest absolute Gasteiger partial charge is 0.489 e. The SMILES string of the molecule is O=C(COC(=O)COc1ccc(OCc2ccccc2)cc1)Nc1ccccc1F. The number of ether oxygens (including phenoxy) is 3. The third kappa shape index (κ3) is 6.63. The molecule has 0 unspecified atom stereocenters. The van der Waals surface area contributed by atoms with Crippen LogP contribution in [0.3, 0.4) is 0 Å². The van der Waals surface area contributed by atoms with Crippen LogP contribution in [0.1, 0.15) is 5.56 Å². The van der Waals surface area contributed by atoms with Gasteiger partial charge in [0.05, 0.1) is 5.69 Å². The number of para-hydroxylation sites is 1. The first kappa shape index (κ1) is 20.9. The number of benzene rings is 3. The summed E-state index contributed by atoms with van der Waals surface area (Å²) in [6.07, 6.45) is 0. The van der Waals surface area contributed by atoms with Crippen molar-refractivity contribution < 1.29 is 28.2 Å². The highest BCUT2D eigenvalue weighted by atomic mass is 19.1. The van der Waals surface area contributed by atoms with Crippen molar-refractivity contribution in [2.45, 2.75) is 6.61 Å². The van der Waals surface area contributed by atoms with Gasteiger partial charge in [-0.3, -0.25) is 4.79 Å². The molecule has 3 aromatic rings. The summed E-state index contributed by atoms with van der Waals surface area (Å²) >= 11 is 0. The van der Waals surface area contributed by atoms with E-state index in [0.29, 0.717) is 18.1 Å². The van der Waals surface area contributed by atoms with E-state index in [1.54, 1.807) is 30.3 Å². The summed E-state index contributed by atoms with van der Waals surface area (Å²) < 4.78 is 29.3. The molecule has 0 saturated heterocycles. The monoisotopic (exact) mass is 409 g/mol. The second kappa shape index (κ2) is 10.6. The zero-order valence-corrected chi connectivity index (χ0v) is 16.0. The standard InChI is InChI=1S/C23H20FNO5/c24-20-8-4-5-9-21(20)25-22(26)15-30-23(27)16-29-19-12-10-18(11-13-19)28-14-17-6-2-1-3-7-17/h1-13H,14-16H2,(H,25,26). The summed E-state index contributed by atoms with van der Waals surface area (Å²) in [6, 6.07) is 22.3. The number of carbonyl (C=O) groups is 2. The van der Waals surface area contributed by atoms with Crippen molar-refractivity contribution >= 4 is 17.6 Å². The summed E-state index contributed by atoms with van der Waals surface area (Å²) in [4.78, 5) is 23.5. The van der Waals surface area contributed by atoms with Crippen molar-refractivity contribution in [2.24, 2.45) is 0 Å². The average molecular weight is 409 g/mol. The van der Waals surface area contributed by atoms with Gasteiger partial charge in [0.2, 0.25) is 0 Å². The molecule has 0 saturated carbocycles. The van der Waals surface area contributed by atoms with Crippen molar-refractivity contribution in [3.63, 3.8) is 0 Å². The Labute approximate surface area is 173 Å². The van der Waals surface area contributed by atoms with Gasteiger partial charge in [-0.25, -0.2) is 9.18 Å². The van der Waals surface area contributed by atoms with Gasteiger partial charge in [0.25, 0.3) is 5.91 Å². The van der Waals surface area contributed by atoms with Crippen molar-refractivity contribution in [1.29, 1.82) is 0 Å². The molecule has 3 aromatic carbocycles. The van der Waals surface area contributed by atoms with Crippen LogP contribution in [0.15, 0.2) is 78.9 Å². The summed E-state index contributed by atoms with van der Waals surface area (Å²) in [6.45, 7) is -0.456. The van der Waals surface area contributed by atoms with E-state index in [4.69, 9.17) is 14.2 Å². The number of esters is 1. The molecule has 0 aromatic heterocycles. The molecule has 154 valence electrons. The van der Waals surface area contributed by atoms with Gasteiger partial charge in [-0.2, -0.15) is 0 Å². The van der Waals surface area contributed by atoms with E-state index in [2.05, 4.69) is 5.32 Å². The van der Waals surface area contributed by atoms with Crippen LogP contribution in [0, 0.1) is 5.82 Å². The molecule has 0 radical (unpaired) electrons. The van der Waals surface area contributed by atoms with E-state index in [9.17, 15) is 14.0 Å². The van der Waals surface area contributed by atoms with Crippen LogP contribution < -0.4 is 14.8 Å². The summed E-state index contributed by atoms with van der Waals surface area (Å²) in [7, 11) is 0. The van der Waals surface area contributed by atoms with Gasteiger partial charge in [0.15, 0.2) is 13.2 Å². The summed E-state index contributed by atoms with van der Waals surface area (Å²) in [5.41, 5.74) is 1.07. The second-order valence-corrected chi connectivity index (χ2v) is 6.22. The fourth-order valence-electron chi connectivity index (χ4n) is 2.45. The summed E-state index contributed by atoms with van der Waals surface area (Å²) in [5.74, 6) is -0.818. The van der Waals surface area contributed by atoms with Crippen LogP contribution in [0.25, 0.3) is 0 Å². The van der Waals surface area contributed by atoms with Crippen LogP contribution in [0.5, 0.6) is 11.5 Å². The number of carbonyl (C=O) groups excluding carboxylic acids is 2. The molecule has 30 heavy (non-hydrogen) atoms. The van der Waals surface area contributed by atoms with Crippen LogP contribution in [-0.2, 0) is 20.9 Å². The van der Waals surface area contributed by atoms with E-state index < -0.39 is 24.3 Å². The zero-order valence-electron chi connectivity index (χ0n) is 16.0. The highest BCUT2D eigenvalue weighted by Crippen LogP contribution is 2.19. The quantitative estimate of drug-likeness (QED) is 0.542. The van der Waals surface area contributed by atoms with Gasteiger partial charge in [-0.15, -0.1) is 0 Å². The first-order valence-corrected chi connectivity index (χ1v) is 9.20. The number of hydrogen-bond donors (Lipinski definition) is 1. The second-order valence-electron chi connectivity index (χ2n) is 6.22. The Hall–Kier alpha value is -3.87. The third-order valence-corrected chi connectivity index (χ3v) is 3.94. The van der Waals surface area contributed by atoms with E-state index in [-0.39, 0.29) is 12.3 Å². The molecular weight excluding hydrogens is 389 g/mol. The van der Waals surface area contributed by atoms with Gasteiger partial charge >= 0.3 is 5.97 Å². The number of hydrogen-bond acceptors (Lipinski definition) is 5. The van der Waals surface area contributed by atoms with E-state index in [1.807, 2.05) is 30.3 Å². The zero-order chi connectivity index (χ0) is 21.2. The van der Waals surface area contributed by atoms with Crippen molar-refractivity contribution in [2.75, 3.05) is 18.5 Å². The Morgan fingerprint density at radius 1 is 0.767 bits per heavy atom. The van der Waals surface area contributed by atoms with Gasteiger partial charge in [0.1, 0.15) is 23.9 Å². The van der Waals surface area contributed by atoms with Gasteiger partial charge < -0.3 is 19.5 Å². The lowest BCUT2D eigenvalue weighted by molar-refractivity contribution is -0.149. The third-order valence-electron chi connectivity index (χ3n) is 3.94. The molecule has 0 bridgehead atoms. The smallest absolute Gasteiger partial charge is 0.344 e. The number of halogens is 1. The van der Waals surface area contributed by atoms with E-state index in [1.165, 1.54) is 18.2 Å². The first-order chi connectivity index (χ1) is 14.6. The van der Waals surface area contributed by atoms with Crippen LogP contribution in [0.2, 0.25) is 0 Å². The average Bonchev–Trinajstić information content (AvgIpc) is 2.78. The molecule has 0 aliphatic heterocycles. The molecule has 6 nitrogen and oxygen atoms in total. The lowest BCUT2D eigenvalue weighted by atomic mass is 10.2. The maximum Gasteiger partial charge on any atom is 0.344 e. The van der Waals surface area contributed by atoms with Crippen LogP contribution in [-0.4, -0.2) is 25.1 Å². The molecule has 1 N–H and O–H groups in total. The van der Waals surface area contributed by atoms with Crippen molar-refractivity contribution in [3.05, 3.63) is 90.2 Å². The predicted octanol–water partition coefficient (Wildman–Crippen LogP) is 3.97. The van der Waals surface area contributed by atoms with E-state index >= 15 is 0 Å². The van der Waals surface area contributed by atoms with Crippen molar-refractivity contribution in [3.8, 4) is 11.5 Å². The minimum Gasteiger partial charge on any atom is -0.489 e. The molecule has 3 rings (SSSR count). The topological polar surface area (TPSA) is 73.9 Å². The number of nitrogens with one attached hydrogen (secondary N) is 1. The fraction of sp³-hybridized carbons (Fsp3) is 0.130.